The van der Waals surface area contributed by atoms with E-state index in [1.165, 1.54) is 18.2 Å². The lowest BCUT2D eigenvalue weighted by molar-refractivity contribution is -0.115. The summed E-state index contributed by atoms with van der Waals surface area (Å²) < 4.78 is 37.9. The molecular formula is C21H19F2N3O4S. The number of carboxylic acid groups (broad SMARTS) is 1. The van der Waals surface area contributed by atoms with Gasteiger partial charge < -0.3 is 15.2 Å². The normalized spacial score (nSPS) is 10.9. The van der Waals surface area contributed by atoms with E-state index < -0.39 is 23.5 Å². The molecule has 0 radical (unpaired) electrons. The van der Waals surface area contributed by atoms with Crippen LogP contribution in [0.2, 0.25) is 0 Å². The predicted molar refractivity (Wildman–Crippen MR) is 110 cm³/mol. The van der Waals surface area contributed by atoms with Gasteiger partial charge in [0.15, 0.2) is 16.6 Å². The molecule has 0 aliphatic rings. The van der Waals surface area contributed by atoms with E-state index in [0.717, 1.165) is 17.6 Å². The predicted octanol–water partition coefficient (Wildman–Crippen LogP) is 4.40. The van der Waals surface area contributed by atoms with Crippen molar-refractivity contribution >= 4 is 29.1 Å². The Bertz CT molecular complexity index is 1120. The topological polar surface area (TPSA) is 101 Å². The summed E-state index contributed by atoms with van der Waals surface area (Å²) in [4.78, 5) is 27.9. The zero-order valence-electron chi connectivity index (χ0n) is 16.7. The van der Waals surface area contributed by atoms with Crippen molar-refractivity contribution < 1.29 is 28.2 Å². The number of aromatic nitrogens is 2. The Labute approximate surface area is 180 Å². The van der Waals surface area contributed by atoms with E-state index >= 15 is 0 Å². The summed E-state index contributed by atoms with van der Waals surface area (Å²) in [5.41, 5.74) is -0.0443. The summed E-state index contributed by atoms with van der Waals surface area (Å²) in [6, 6.07) is 7.64. The number of aromatic carboxylic acids is 1. The Balaban J connectivity index is 1.71. The average molecular weight is 447 g/mol. The van der Waals surface area contributed by atoms with Crippen molar-refractivity contribution in [3.63, 3.8) is 0 Å². The van der Waals surface area contributed by atoms with Gasteiger partial charge in [-0.25, -0.2) is 18.6 Å². The van der Waals surface area contributed by atoms with Crippen LogP contribution >= 0.6 is 11.5 Å². The second-order valence-electron chi connectivity index (χ2n) is 6.94. The number of anilines is 1. The number of hydrogen-bond acceptors (Lipinski definition) is 6. The third-order valence-corrected chi connectivity index (χ3v) is 4.94. The summed E-state index contributed by atoms with van der Waals surface area (Å²) in [5, 5.41) is 12.1. The first-order chi connectivity index (χ1) is 14.7. The van der Waals surface area contributed by atoms with Crippen LogP contribution in [-0.2, 0) is 17.8 Å². The lowest BCUT2D eigenvalue weighted by Gasteiger charge is -2.11. The van der Waals surface area contributed by atoms with E-state index in [0.29, 0.717) is 16.9 Å². The maximum absolute atomic E-state index is 14.2. The maximum atomic E-state index is 14.2. The van der Waals surface area contributed by atoms with E-state index in [4.69, 9.17) is 4.74 Å². The van der Waals surface area contributed by atoms with Crippen LogP contribution < -0.4 is 10.1 Å². The number of carbonyl (C=O) groups is 2. The first-order valence-electron chi connectivity index (χ1n) is 9.30. The zero-order chi connectivity index (χ0) is 22.5. The van der Waals surface area contributed by atoms with Crippen molar-refractivity contribution in [2.24, 2.45) is 0 Å². The quantitative estimate of drug-likeness (QED) is 0.531. The van der Waals surface area contributed by atoms with Crippen LogP contribution in [0.5, 0.6) is 5.75 Å². The SMILES string of the molecule is CC(C)c1nsc(COc2cc(NC(=O)Cc3ccccc3C(=O)O)c(F)cc2F)n1. The summed E-state index contributed by atoms with van der Waals surface area (Å²) in [6.45, 7) is 3.82. The molecule has 1 aromatic heterocycles. The Kier molecular flexibility index (Phi) is 6.91. The minimum atomic E-state index is -1.18. The molecule has 0 aliphatic heterocycles. The molecule has 10 heteroatoms. The van der Waals surface area contributed by atoms with E-state index in [1.807, 2.05) is 13.8 Å². The molecule has 0 atom stereocenters. The molecule has 0 unspecified atom stereocenters. The Morgan fingerprint density at radius 2 is 1.94 bits per heavy atom. The Morgan fingerprint density at radius 3 is 2.61 bits per heavy atom. The lowest BCUT2D eigenvalue weighted by atomic mass is 10.0. The molecule has 0 saturated heterocycles. The van der Waals surface area contributed by atoms with Crippen molar-refractivity contribution in [3.05, 3.63) is 70.0 Å². The average Bonchev–Trinajstić information content (AvgIpc) is 3.19. The smallest absolute Gasteiger partial charge is 0.335 e. The fourth-order valence-electron chi connectivity index (χ4n) is 2.69. The van der Waals surface area contributed by atoms with Crippen LogP contribution in [0.25, 0.3) is 0 Å². The number of rotatable bonds is 8. The van der Waals surface area contributed by atoms with Gasteiger partial charge in [0.05, 0.1) is 17.7 Å². The van der Waals surface area contributed by atoms with Gasteiger partial charge in [-0.3, -0.25) is 4.79 Å². The van der Waals surface area contributed by atoms with E-state index in [2.05, 4.69) is 14.7 Å². The van der Waals surface area contributed by atoms with Gasteiger partial charge >= 0.3 is 5.97 Å². The van der Waals surface area contributed by atoms with E-state index in [-0.39, 0.29) is 41.5 Å². The van der Waals surface area contributed by atoms with Crippen molar-refractivity contribution in [3.8, 4) is 5.75 Å². The molecule has 0 saturated carbocycles. The monoisotopic (exact) mass is 447 g/mol. The number of halogens is 2. The molecule has 162 valence electrons. The first kappa shape index (κ1) is 22.3. The van der Waals surface area contributed by atoms with Crippen molar-refractivity contribution in [2.75, 3.05) is 5.32 Å². The second-order valence-corrected chi connectivity index (χ2v) is 7.78. The van der Waals surface area contributed by atoms with Crippen molar-refractivity contribution in [1.82, 2.24) is 9.36 Å². The molecule has 2 aromatic carbocycles. The minimum absolute atomic E-state index is 0.0286. The number of ether oxygens (including phenoxy) is 1. The number of amides is 1. The lowest BCUT2D eigenvalue weighted by Crippen LogP contribution is -2.17. The van der Waals surface area contributed by atoms with Gasteiger partial charge in [-0.05, 0) is 23.2 Å². The van der Waals surface area contributed by atoms with Gasteiger partial charge in [-0.2, -0.15) is 4.37 Å². The Morgan fingerprint density at radius 1 is 1.19 bits per heavy atom. The van der Waals surface area contributed by atoms with Crippen molar-refractivity contribution in [1.29, 1.82) is 0 Å². The number of carboxylic acids is 1. The van der Waals surface area contributed by atoms with Gasteiger partial charge in [0.25, 0.3) is 0 Å². The van der Waals surface area contributed by atoms with Gasteiger partial charge in [0, 0.05) is 18.1 Å². The van der Waals surface area contributed by atoms with Crippen LogP contribution in [0.4, 0.5) is 14.5 Å². The largest absolute Gasteiger partial charge is 0.483 e. The highest BCUT2D eigenvalue weighted by Gasteiger charge is 2.17. The van der Waals surface area contributed by atoms with Gasteiger partial charge in [0.2, 0.25) is 5.91 Å². The third-order valence-electron chi connectivity index (χ3n) is 4.25. The summed E-state index contributed by atoms with van der Waals surface area (Å²) in [6.07, 6.45) is -0.293. The highest BCUT2D eigenvalue weighted by molar-refractivity contribution is 7.05. The van der Waals surface area contributed by atoms with Crippen LogP contribution in [0.3, 0.4) is 0 Å². The number of benzene rings is 2. The molecule has 3 aromatic rings. The fraction of sp³-hybridized carbons (Fsp3) is 0.238. The zero-order valence-corrected chi connectivity index (χ0v) is 17.5. The van der Waals surface area contributed by atoms with Gasteiger partial charge in [0.1, 0.15) is 18.2 Å². The van der Waals surface area contributed by atoms with Crippen LogP contribution in [-0.4, -0.2) is 26.3 Å². The minimum Gasteiger partial charge on any atom is -0.483 e. The van der Waals surface area contributed by atoms with Crippen LogP contribution in [0, 0.1) is 11.6 Å². The molecule has 0 spiro atoms. The second kappa shape index (κ2) is 9.61. The maximum Gasteiger partial charge on any atom is 0.335 e. The molecule has 7 nitrogen and oxygen atoms in total. The standard InChI is InChI=1S/C21H19F2N3O4S/c1-11(2)20-25-19(31-26-20)10-30-17-9-16(14(22)8-15(17)23)24-18(27)7-12-5-3-4-6-13(12)21(28)29/h3-6,8-9,11H,7,10H2,1-2H3,(H,24,27)(H,28,29). The number of hydrogen-bond donors (Lipinski definition) is 2. The summed E-state index contributed by atoms with van der Waals surface area (Å²) in [7, 11) is 0. The van der Waals surface area contributed by atoms with Crippen molar-refractivity contribution in [2.45, 2.75) is 32.8 Å². The molecule has 3 rings (SSSR count). The molecule has 0 bridgehead atoms. The highest BCUT2D eigenvalue weighted by Crippen LogP contribution is 2.27. The number of nitrogens with one attached hydrogen (secondary N) is 1. The number of nitrogens with zero attached hydrogens (tertiary/aromatic N) is 2. The summed E-state index contributed by atoms with van der Waals surface area (Å²) in [5.74, 6) is -3.22. The molecule has 0 aliphatic carbocycles. The molecule has 0 fully saturated rings. The van der Waals surface area contributed by atoms with E-state index in [1.54, 1.807) is 6.07 Å². The van der Waals surface area contributed by atoms with E-state index in [9.17, 15) is 23.5 Å². The molecule has 2 N–H and O–H groups in total. The number of carbonyl (C=O) groups excluding carboxylic acids is 1. The summed E-state index contributed by atoms with van der Waals surface area (Å²) >= 11 is 1.13. The molecule has 31 heavy (non-hydrogen) atoms. The Hall–Kier alpha value is -3.40. The fourth-order valence-corrected chi connectivity index (χ4v) is 3.38. The van der Waals surface area contributed by atoms with Gasteiger partial charge in [-0.15, -0.1) is 0 Å². The molecule has 1 amide bonds. The van der Waals surface area contributed by atoms with Crippen LogP contribution in [0.1, 0.15) is 46.5 Å². The van der Waals surface area contributed by atoms with Gasteiger partial charge in [-0.1, -0.05) is 32.0 Å². The van der Waals surface area contributed by atoms with Crippen LogP contribution in [0.15, 0.2) is 36.4 Å². The first-order valence-corrected chi connectivity index (χ1v) is 10.1. The third kappa shape index (κ3) is 5.60. The molecular weight excluding hydrogens is 428 g/mol. The highest BCUT2D eigenvalue weighted by atomic mass is 32.1. The molecule has 1 heterocycles.